The average molecular weight is 331 g/mol. The number of carbonyl (C=O) groups excluding carboxylic acids is 2. The van der Waals surface area contributed by atoms with E-state index >= 15 is 0 Å². The summed E-state index contributed by atoms with van der Waals surface area (Å²) in [6.07, 6.45) is 0.924. The lowest BCUT2D eigenvalue weighted by atomic mass is 10.0. The van der Waals surface area contributed by atoms with Crippen molar-refractivity contribution >= 4 is 11.8 Å². The Morgan fingerprint density at radius 2 is 1.92 bits per heavy atom. The molecule has 1 atom stereocenters. The van der Waals surface area contributed by atoms with Crippen LogP contribution in [0.5, 0.6) is 0 Å². The number of morpholine rings is 1. The maximum Gasteiger partial charge on any atom is 0.224 e. The first-order chi connectivity index (χ1) is 11.7. The first kappa shape index (κ1) is 16.9. The van der Waals surface area contributed by atoms with Gasteiger partial charge in [0, 0.05) is 51.6 Å². The van der Waals surface area contributed by atoms with Crippen molar-refractivity contribution in [2.45, 2.75) is 18.9 Å². The fraction of sp³-hybridized carbons (Fsp3) is 0.556. The van der Waals surface area contributed by atoms with E-state index in [-0.39, 0.29) is 17.9 Å². The van der Waals surface area contributed by atoms with Gasteiger partial charge in [-0.25, -0.2) is 0 Å². The highest BCUT2D eigenvalue weighted by atomic mass is 16.5. The van der Waals surface area contributed by atoms with Crippen molar-refractivity contribution in [3.63, 3.8) is 0 Å². The maximum absolute atomic E-state index is 12.4. The van der Waals surface area contributed by atoms with Crippen LogP contribution >= 0.6 is 0 Å². The molecule has 2 amide bonds. The molecule has 0 unspecified atom stereocenters. The van der Waals surface area contributed by atoms with E-state index in [1.165, 1.54) is 0 Å². The number of rotatable bonds is 4. The van der Waals surface area contributed by atoms with Crippen LogP contribution < -0.4 is 5.32 Å². The molecule has 6 nitrogen and oxygen atoms in total. The average Bonchev–Trinajstić information content (AvgIpc) is 2.82. The third kappa shape index (κ3) is 4.33. The summed E-state index contributed by atoms with van der Waals surface area (Å²) in [5.74, 6) is 0.250. The molecule has 6 heteroatoms. The Balaban J connectivity index is 1.64. The maximum atomic E-state index is 12.4. The van der Waals surface area contributed by atoms with Gasteiger partial charge in [-0.1, -0.05) is 30.3 Å². The van der Waals surface area contributed by atoms with Gasteiger partial charge < -0.3 is 15.0 Å². The van der Waals surface area contributed by atoms with E-state index in [1.807, 2.05) is 23.1 Å². The van der Waals surface area contributed by atoms with Crippen molar-refractivity contribution < 1.29 is 14.3 Å². The van der Waals surface area contributed by atoms with Crippen molar-refractivity contribution in [3.05, 3.63) is 35.9 Å². The van der Waals surface area contributed by atoms with E-state index in [2.05, 4.69) is 22.3 Å². The predicted octanol–water partition coefficient (Wildman–Crippen LogP) is 0.799. The molecule has 0 aromatic heterocycles. The zero-order valence-electron chi connectivity index (χ0n) is 13.9. The fourth-order valence-corrected chi connectivity index (χ4v) is 3.35. The van der Waals surface area contributed by atoms with Crippen LogP contribution in [0.4, 0.5) is 0 Å². The number of hydrogen-bond acceptors (Lipinski definition) is 4. The molecule has 0 saturated carbocycles. The summed E-state index contributed by atoms with van der Waals surface area (Å²) in [6, 6.07) is 10.1. The van der Waals surface area contributed by atoms with Gasteiger partial charge in [0.1, 0.15) is 0 Å². The third-order valence-electron chi connectivity index (χ3n) is 4.70. The number of hydrogen-bond donors (Lipinski definition) is 1. The second kappa shape index (κ2) is 8.26. The normalized spacial score (nSPS) is 22.8. The Hall–Kier alpha value is -1.92. The molecule has 2 saturated heterocycles. The van der Waals surface area contributed by atoms with Gasteiger partial charge in [0.2, 0.25) is 11.8 Å². The van der Waals surface area contributed by atoms with E-state index in [0.717, 1.165) is 12.1 Å². The lowest BCUT2D eigenvalue weighted by Gasteiger charge is -2.31. The Kier molecular flexibility index (Phi) is 5.82. The third-order valence-corrected chi connectivity index (χ3v) is 4.70. The fourth-order valence-electron chi connectivity index (χ4n) is 3.35. The minimum absolute atomic E-state index is 0.0335. The van der Waals surface area contributed by atoms with Crippen LogP contribution in [0.25, 0.3) is 0 Å². The van der Waals surface area contributed by atoms with E-state index in [4.69, 9.17) is 4.74 Å². The second-order valence-corrected chi connectivity index (χ2v) is 6.26. The van der Waals surface area contributed by atoms with E-state index < -0.39 is 0 Å². The zero-order valence-corrected chi connectivity index (χ0v) is 13.9. The van der Waals surface area contributed by atoms with Crippen LogP contribution in [-0.4, -0.2) is 67.6 Å². The SMILES string of the molecule is O=C1C[C@H](c2ccccc2)N(CCC(=O)N2CCOCC2)CCN1. The summed E-state index contributed by atoms with van der Waals surface area (Å²) in [5, 5.41) is 2.93. The van der Waals surface area contributed by atoms with E-state index in [0.29, 0.717) is 52.2 Å². The molecule has 1 N–H and O–H groups in total. The van der Waals surface area contributed by atoms with Gasteiger partial charge in [-0.05, 0) is 5.56 Å². The molecule has 2 aliphatic rings. The summed E-state index contributed by atoms with van der Waals surface area (Å²) in [5.41, 5.74) is 1.13. The Morgan fingerprint density at radius 3 is 2.67 bits per heavy atom. The van der Waals surface area contributed by atoms with E-state index in [1.54, 1.807) is 0 Å². The van der Waals surface area contributed by atoms with Crippen LogP contribution in [0.3, 0.4) is 0 Å². The molecular weight excluding hydrogens is 306 g/mol. The minimum Gasteiger partial charge on any atom is -0.378 e. The molecule has 1 aromatic rings. The Labute approximate surface area is 142 Å². The van der Waals surface area contributed by atoms with Crippen molar-refractivity contribution in [1.29, 1.82) is 0 Å². The number of nitrogens with one attached hydrogen (secondary N) is 1. The summed E-state index contributed by atoms with van der Waals surface area (Å²) in [7, 11) is 0. The summed E-state index contributed by atoms with van der Waals surface area (Å²) in [4.78, 5) is 28.5. The predicted molar refractivity (Wildman–Crippen MR) is 90.4 cm³/mol. The molecule has 2 heterocycles. The minimum atomic E-state index is 0.0335. The summed E-state index contributed by atoms with van der Waals surface area (Å²) >= 11 is 0. The lowest BCUT2D eigenvalue weighted by Crippen LogP contribution is -2.42. The molecular formula is C18H25N3O3. The molecule has 2 aliphatic heterocycles. The van der Waals surface area contributed by atoms with Gasteiger partial charge in [-0.15, -0.1) is 0 Å². The topological polar surface area (TPSA) is 61.9 Å². The first-order valence-corrected chi connectivity index (χ1v) is 8.65. The molecule has 3 rings (SSSR count). The number of amides is 2. The van der Waals surface area contributed by atoms with Crippen molar-refractivity contribution in [1.82, 2.24) is 15.1 Å². The van der Waals surface area contributed by atoms with Crippen LogP contribution in [0.15, 0.2) is 30.3 Å². The van der Waals surface area contributed by atoms with Crippen LogP contribution in [0.2, 0.25) is 0 Å². The monoisotopic (exact) mass is 331 g/mol. The molecule has 0 radical (unpaired) electrons. The summed E-state index contributed by atoms with van der Waals surface area (Å²) in [6.45, 7) is 4.68. The van der Waals surface area contributed by atoms with E-state index in [9.17, 15) is 9.59 Å². The highest BCUT2D eigenvalue weighted by Crippen LogP contribution is 2.25. The molecule has 130 valence electrons. The van der Waals surface area contributed by atoms with Gasteiger partial charge in [0.25, 0.3) is 0 Å². The molecule has 0 aliphatic carbocycles. The molecule has 2 fully saturated rings. The highest BCUT2D eigenvalue weighted by Gasteiger charge is 2.27. The second-order valence-electron chi connectivity index (χ2n) is 6.26. The zero-order chi connectivity index (χ0) is 16.8. The van der Waals surface area contributed by atoms with Gasteiger partial charge >= 0.3 is 0 Å². The standard InChI is InChI=1S/C18H25N3O3/c22-17-14-16(15-4-2-1-3-5-15)20(9-7-19-17)8-6-18(23)21-10-12-24-13-11-21/h1-5,16H,6-14H2,(H,19,22)/t16-/m1/s1. The molecule has 0 bridgehead atoms. The van der Waals surface area contributed by atoms with Crippen LogP contribution in [0.1, 0.15) is 24.4 Å². The van der Waals surface area contributed by atoms with Gasteiger partial charge in [-0.3, -0.25) is 14.5 Å². The number of nitrogens with zero attached hydrogens (tertiary/aromatic N) is 2. The highest BCUT2D eigenvalue weighted by molar-refractivity contribution is 5.77. The molecule has 1 aromatic carbocycles. The van der Waals surface area contributed by atoms with Gasteiger partial charge in [0.15, 0.2) is 0 Å². The Morgan fingerprint density at radius 1 is 1.17 bits per heavy atom. The van der Waals surface area contributed by atoms with Crippen LogP contribution in [0, 0.1) is 0 Å². The molecule has 0 spiro atoms. The summed E-state index contributed by atoms with van der Waals surface area (Å²) < 4.78 is 5.30. The smallest absolute Gasteiger partial charge is 0.224 e. The van der Waals surface area contributed by atoms with Gasteiger partial charge in [-0.2, -0.15) is 0 Å². The number of benzene rings is 1. The van der Waals surface area contributed by atoms with Gasteiger partial charge in [0.05, 0.1) is 13.2 Å². The van der Waals surface area contributed by atoms with Crippen molar-refractivity contribution in [2.24, 2.45) is 0 Å². The lowest BCUT2D eigenvalue weighted by molar-refractivity contribution is -0.135. The van der Waals surface area contributed by atoms with Crippen LogP contribution in [-0.2, 0) is 14.3 Å². The number of ether oxygens (including phenoxy) is 1. The largest absolute Gasteiger partial charge is 0.378 e. The quantitative estimate of drug-likeness (QED) is 0.886. The Bertz CT molecular complexity index is 558. The number of carbonyl (C=O) groups is 2. The van der Waals surface area contributed by atoms with Crippen molar-refractivity contribution in [3.8, 4) is 0 Å². The molecule has 24 heavy (non-hydrogen) atoms. The first-order valence-electron chi connectivity index (χ1n) is 8.65. The van der Waals surface area contributed by atoms with Crippen molar-refractivity contribution in [2.75, 3.05) is 45.9 Å².